The molecular weight excluding hydrogens is 580 g/mol. The van der Waals surface area contributed by atoms with Crippen LogP contribution >= 0.6 is 15.9 Å². The van der Waals surface area contributed by atoms with Crippen molar-refractivity contribution in [2.75, 3.05) is 10.6 Å². The molecule has 0 aliphatic rings. The van der Waals surface area contributed by atoms with Crippen LogP contribution in [0.5, 0.6) is 11.5 Å². The first kappa shape index (κ1) is 28.1. The van der Waals surface area contributed by atoms with Gasteiger partial charge in [-0.1, -0.05) is 34.1 Å². The highest BCUT2D eigenvalue weighted by atomic mass is 79.9. The molecule has 0 aliphatic heterocycles. The zero-order chi connectivity index (χ0) is 28.2. The molecule has 4 aromatic rings. The molecule has 0 fully saturated rings. The molecular formula is C29H29BrN4O4S. The number of aromatic nitrogens is 1. The summed E-state index contributed by atoms with van der Waals surface area (Å²) in [5, 5.41) is 4.12. The van der Waals surface area contributed by atoms with Gasteiger partial charge in [0.25, 0.3) is 5.91 Å². The Balaban J connectivity index is 1.47. The van der Waals surface area contributed by atoms with E-state index in [1.807, 2.05) is 74.5 Å². The first-order valence-corrected chi connectivity index (χ1v) is 14.8. The molecule has 3 aromatic carbocycles. The monoisotopic (exact) mass is 608 g/mol. The van der Waals surface area contributed by atoms with E-state index in [9.17, 15) is 13.2 Å². The van der Waals surface area contributed by atoms with Crippen molar-refractivity contribution in [1.82, 2.24) is 9.99 Å². The molecule has 0 unspecified atom stereocenters. The molecule has 0 radical (unpaired) electrons. The first-order valence-electron chi connectivity index (χ1n) is 12.1. The van der Waals surface area contributed by atoms with E-state index in [0.717, 1.165) is 37.7 Å². The van der Waals surface area contributed by atoms with Crippen LogP contribution in [0.2, 0.25) is 0 Å². The SMILES string of the molecule is Cc1cc(/C=N\NC(=O)[C@H](C)N(c2ccc(Oc3ccccc3)cc2)S(C)(=O)=O)c(C)n1-c1ccc(Br)cc1. The van der Waals surface area contributed by atoms with Gasteiger partial charge < -0.3 is 9.30 Å². The van der Waals surface area contributed by atoms with E-state index in [-0.39, 0.29) is 0 Å². The van der Waals surface area contributed by atoms with E-state index >= 15 is 0 Å². The number of anilines is 1. The predicted octanol–water partition coefficient (Wildman–Crippen LogP) is 5.95. The van der Waals surface area contributed by atoms with E-state index in [2.05, 4.69) is 31.0 Å². The molecule has 4 rings (SSSR count). The quantitative estimate of drug-likeness (QED) is 0.188. The summed E-state index contributed by atoms with van der Waals surface area (Å²) in [4.78, 5) is 12.9. The minimum Gasteiger partial charge on any atom is -0.457 e. The largest absolute Gasteiger partial charge is 0.457 e. The smallest absolute Gasteiger partial charge is 0.263 e. The molecule has 39 heavy (non-hydrogen) atoms. The van der Waals surface area contributed by atoms with Crippen molar-refractivity contribution >= 4 is 43.8 Å². The lowest BCUT2D eigenvalue weighted by molar-refractivity contribution is -0.121. The van der Waals surface area contributed by atoms with Gasteiger partial charge in [0.05, 0.1) is 18.2 Å². The third-order valence-electron chi connectivity index (χ3n) is 6.09. The summed E-state index contributed by atoms with van der Waals surface area (Å²) in [5.41, 5.74) is 6.63. The fourth-order valence-electron chi connectivity index (χ4n) is 4.26. The van der Waals surface area contributed by atoms with Crippen molar-refractivity contribution in [3.8, 4) is 17.2 Å². The highest BCUT2D eigenvalue weighted by Crippen LogP contribution is 2.27. The van der Waals surface area contributed by atoms with Gasteiger partial charge in [0, 0.05) is 27.1 Å². The van der Waals surface area contributed by atoms with E-state index in [1.54, 1.807) is 30.5 Å². The third kappa shape index (κ3) is 6.76. The van der Waals surface area contributed by atoms with Crippen LogP contribution in [0.1, 0.15) is 23.9 Å². The molecule has 0 aliphatic carbocycles. The minimum atomic E-state index is -3.78. The number of ether oxygens (including phenoxy) is 1. The molecule has 202 valence electrons. The number of hydrogen-bond acceptors (Lipinski definition) is 5. The Hall–Kier alpha value is -3.89. The summed E-state index contributed by atoms with van der Waals surface area (Å²) in [6.07, 6.45) is 2.62. The first-order chi connectivity index (χ1) is 18.5. The van der Waals surface area contributed by atoms with Crippen LogP contribution in [0.15, 0.2) is 94.5 Å². The van der Waals surface area contributed by atoms with Gasteiger partial charge in [-0.05, 0) is 87.5 Å². The minimum absolute atomic E-state index is 0.336. The lowest BCUT2D eigenvalue weighted by Gasteiger charge is -2.27. The van der Waals surface area contributed by atoms with Crippen molar-refractivity contribution in [3.05, 3.63) is 106 Å². The van der Waals surface area contributed by atoms with Crippen LogP contribution in [-0.2, 0) is 14.8 Å². The zero-order valence-electron chi connectivity index (χ0n) is 22.0. The topological polar surface area (TPSA) is 93.0 Å². The lowest BCUT2D eigenvalue weighted by Crippen LogP contribution is -2.46. The Morgan fingerprint density at radius 3 is 2.23 bits per heavy atom. The molecule has 1 N–H and O–H groups in total. The Morgan fingerprint density at radius 1 is 1.00 bits per heavy atom. The van der Waals surface area contributed by atoms with E-state index in [4.69, 9.17) is 4.74 Å². The highest BCUT2D eigenvalue weighted by molar-refractivity contribution is 9.10. The number of nitrogens with zero attached hydrogens (tertiary/aromatic N) is 3. The van der Waals surface area contributed by atoms with Gasteiger partial charge in [0.1, 0.15) is 17.5 Å². The summed E-state index contributed by atoms with van der Waals surface area (Å²) < 4.78 is 35.2. The molecule has 0 bridgehead atoms. The van der Waals surface area contributed by atoms with Gasteiger partial charge >= 0.3 is 0 Å². The van der Waals surface area contributed by atoms with E-state index in [1.165, 1.54) is 6.92 Å². The normalized spacial score (nSPS) is 12.3. The van der Waals surface area contributed by atoms with Crippen molar-refractivity contribution in [3.63, 3.8) is 0 Å². The van der Waals surface area contributed by atoms with Gasteiger partial charge in [-0.2, -0.15) is 5.10 Å². The van der Waals surface area contributed by atoms with Crippen molar-refractivity contribution in [1.29, 1.82) is 0 Å². The highest BCUT2D eigenvalue weighted by Gasteiger charge is 2.29. The van der Waals surface area contributed by atoms with Crippen molar-refractivity contribution < 1.29 is 17.9 Å². The average Bonchev–Trinajstić information content (AvgIpc) is 3.18. The number of halogens is 1. The second-order valence-corrected chi connectivity index (χ2v) is 11.8. The maximum absolute atomic E-state index is 12.9. The van der Waals surface area contributed by atoms with Gasteiger partial charge in [-0.3, -0.25) is 9.10 Å². The number of hydrazone groups is 1. The number of carbonyl (C=O) groups excluding carboxylic acids is 1. The fourth-order valence-corrected chi connectivity index (χ4v) is 5.70. The molecule has 0 saturated heterocycles. The van der Waals surface area contributed by atoms with Gasteiger partial charge in [-0.25, -0.2) is 13.8 Å². The van der Waals surface area contributed by atoms with Gasteiger partial charge in [0.15, 0.2) is 0 Å². The number of amides is 1. The van der Waals surface area contributed by atoms with E-state index < -0.39 is 22.0 Å². The number of aryl methyl sites for hydroxylation is 1. The third-order valence-corrected chi connectivity index (χ3v) is 7.86. The molecule has 1 heterocycles. The summed E-state index contributed by atoms with van der Waals surface area (Å²) >= 11 is 3.45. The number of nitrogens with one attached hydrogen (secondary N) is 1. The zero-order valence-corrected chi connectivity index (χ0v) is 24.4. The summed E-state index contributed by atoms with van der Waals surface area (Å²) in [6, 6.07) is 24.7. The van der Waals surface area contributed by atoms with Gasteiger partial charge in [-0.15, -0.1) is 0 Å². The van der Waals surface area contributed by atoms with E-state index in [0.29, 0.717) is 17.2 Å². The Morgan fingerprint density at radius 2 is 1.62 bits per heavy atom. The number of sulfonamides is 1. The maximum Gasteiger partial charge on any atom is 0.263 e. The van der Waals surface area contributed by atoms with Gasteiger partial charge in [0.2, 0.25) is 10.0 Å². The number of rotatable bonds is 9. The lowest BCUT2D eigenvalue weighted by atomic mass is 10.2. The van der Waals surface area contributed by atoms with Crippen LogP contribution in [0.4, 0.5) is 5.69 Å². The van der Waals surface area contributed by atoms with Crippen LogP contribution < -0.4 is 14.5 Å². The second kappa shape index (κ2) is 11.9. The number of para-hydroxylation sites is 1. The van der Waals surface area contributed by atoms with Crippen LogP contribution in [-0.4, -0.2) is 37.4 Å². The Labute approximate surface area is 237 Å². The molecule has 1 atom stereocenters. The molecule has 1 amide bonds. The van der Waals surface area contributed by atoms with Crippen LogP contribution in [0.25, 0.3) is 5.69 Å². The summed E-state index contributed by atoms with van der Waals surface area (Å²) in [5.74, 6) is 0.636. The second-order valence-electron chi connectivity index (χ2n) is 9.02. The number of benzene rings is 3. The molecule has 0 saturated carbocycles. The number of hydrogen-bond donors (Lipinski definition) is 1. The molecule has 1 aromatic heterocycles. The maximum atomic E-state index is 12.9. The standard InChI is InChI=1S/C29H29BrN4O4S/c1-20-18-23(21(2)33(20)25-12-10-24(30)11-13-25)19-31-32-29(35)22(3)34(39(4,36)37)26-14-16-28(17-15-26)38-27-8-6-5-7-9-27/h5-19,22H,1-4H3,(H,32,35)/b31-19-/t22-/m0/s1. The van der Waals surface area contributed by atoms with Crippen molar-refractivity contribution in [2.45, 2.75) is 26.8 Å². The number of carbonyl (C=O) groups is 1. The average molecular weight is 610 g/mol. The Kier molecular flexibility index (Phi) is 8.57. The van der Waals surface area contributed by atoms with Crippen molar-refractivity contribution in [2.24, 2.45) is 5.10 Å². The summed E-state index contributed by atoms with van der Waals surface area (Å²) in [7, 11) is -3.78. The predicted molar refractivity (Wildman–Crippen MR) is 158 cm³/mol. The summed E-state index contributed by atoms with van der Waals surface area (Å²) in [6.45, 7) is 5.48. The van der Waals surface area contributed by atoms with Crippen LogP contribution in [0.3, 0.4) is 0 Å². The molecule has 0 spiro atoms. The Bertz CT molecular complexity index is 1580. The molecule has 8 nitrogen and oxygen atoms in total. The fraction of sp³-hybridized carbons (Fsp3) is 0.172. The molecule has 10 heteroatoms. The van der Waals surface area contributed by atoms with Crippen LogP contribution in [0, 0.1) is 13.8 Å².